The van der Waals surface area contributed by atoms with Crippen LogP contribution >= 0.6 is 0 Å². The Labute approximate surface area is 163 Å². The molecule has 0 aliphatic carbocycles. The van der Waals surface area contributed by atoms with Gasteiger partial charge >= 0.3 is 0 Å². The van der Waals surface area contributed by atoms with E-state index in [9.17, 15) is 4.79 Å². The third-order valence-electron chi connectivity index (χ3n) is 5.05. The zero-order chi connectivity index (χ0) is 19.7. The Bertz CT molecular complexity index is 1040. The Morgan fingerprint density at radius 1 is 1.04 bits per heavy atom. The highest BCUT2D eigenvalue weighted by Crippen LogP contribution is 2.25. The van der Waals surface area contributed by atoms with Crippen LogP contribution in [0.3, 0.4) is 0 Å². The summed E-state index contributed by atoms with van der Waals surface area (Å²) in [6, 6.07) is 9.21. The summed E-state index contributed by atoms with van der Waals surface area (Å²) in [6.07, 6.45) is 3.82. The highest BCUT2D eigenvalue weighted by Gasteiger charge is 2.23. The van der Waals surface area contributed by atoms with Gasteiger partial charge in [-0.3, -0.25) is 9.20 Å². The summed E-state index contributed by atoms with van der Waals surface area (Å²) in [4.78, 5) is 23.5. The number of methoxy groups -OCH3 is 1. The Kier molecular flexibility index (Phi) is 4.90. The van der Waals surface area contributed by atoms with Crippen LogP contribution in [-0.2, 0) is 0 Å². The van der Waals surface area contributed by atoms with Crippen molar-refractivity contribution in [2.75, 3.05) is 25.1 Å². The van der Waals surface area contributed by atoms with Gasteiger partial charge in [0.05, 0.1) is 7.11 Å². The van der Waals surface area contributed by atoms with Gasteiger partial charge in [-0.25, -0.2) is 4.98 Å². The fraction of sp³-hybridized carbons (Fsp3) is 0.381. The molecule has 3 heterocycles. The number of fused-ring (bicyclic) bond motifs is 1. The molecule has 7 nitrogen and oxygen atoms in total. The van der Waals surface area contributed by atoms with E-state index < -0.39 is 0 Å². The SMILES string of the molecule is COc1ccc(OC2CCN(c3nc4nc(C)cc(=O)n4cc3C)CC2)cc1. The first kappa shape index (κ1) is 18.3. The lowest BCUT2D eigenvalue weighted by molar-refractivity contribution is 0.170. The fourth-order valence-electron chi connectivity index (χ4n) is 3.58. The maximum atomic E-state index is 12.1. The molecule has 1 aliphatic heterocycles. The lowest BCUT2D eigenvalue weighted by Gasteiger charge is -2.33. The molecule has 0 saturated carbocycles. The minimum Gasteiger partial charge on any atom is -0.497 e. The van der Waals surface area contributed by atoms with Crippen molar-refractivity contribution in [3.63, 3.8) is 0 Å². The van der Waals surface area contributed by atoms with E-state index in [1.54, 1.807) is 7.11 Å². The number of aromatic nitrogens is 3. The molecule has 0 unspecified atom stereocenters. The predicted octanol–water partition coefficient (Wildman–Crippen LogP) is 2.76. The van der Waals surface area contributed by atoms with E-state index in [0.29, 0.717) is 11.5 Å². The predicted molar refractivity (Wildman–Crippen MR) is 108 cm³/mol. The Morgan fingerprint density at radius 2 is 1.71 bits per heavy atom. The molecule has 28 heavy (non-hydrogen) atoms. The molecule has 0 atom stereocenters. The van der Waals surface area contributed by atoms with Gasteiger partial charge in [0.25, 0.3) is 5.56 Å². The quantitative estimate of drug-likeness (QED) is 0.693. The summed E-state index contributed by atoms with van der Waals surface area (Å²) in [5.41, 5.74) is 1.55. The number of rotatable bonds is 4. The van der Waals surface area contributed by atoms with Crippen LogP contribution in [0.2, 0.25) is 0 Å². The lowest BCUT2D eigenvalue weighted by Crippen LogP contribution is -2.39. The van der Waals surface area contributed by atoms with Crippen LogP contribution in [-0.4, -0.2) is 40.7 Å². The summed E-state index contributed by atoms with van der Waals surface area (Å²) in [5.74, 6) is 3.02. The van der Waals surface area contributed by atoms with Crippen LogP contribution in [0, 0.1) is 13.8 Å². The molecule has 146 valence electrons. The molecule has 7 heteroatoms. The Balaban J connectivity index is 1.47. The van der Waals surface area contributed by atoms with Crippen LogP contribution in [0.4, 0.5) is 5.82 Å². The summed E-state index contributed by atoms with van der Waals surface area (Å²) < 4.78 is 12.8. The van der Waals surface area contributed by atoms with Crippen molar-refractivity contribution >= 4 is 11.6 Å². The van der Waals surface area contributed by atoms with E-state index in [0.717, 1.165) is 48.8 Å². The van der Waals surface area contributed by atoms with Gasteiger partial charge in [-0.15, -0.1) is 0 Å². The number of anilines is 1. The van der Waals surface area contributed by atoms with Crippen LogP contribution in [0.5, 0.6) is 11.5 Å². The number of ether oxygens (including phenoxy) is 2. The molecule has 1 saturated heterocycles. The van der Waals surface area contributed by atoms with Crippen molar-refractivity contribution in [1.82, 2.24) is 14.4 Å². The van der Waals surface area contributed by atoms with Crippen molar-refractivity contribution in [2.45, 2.75) is 32.8 Å². The van der Waals surface area contributed by atoms with Gasteiger partial charge in [0.2, 0.25) is 5.78 Å². The zero-order valence-electron chi connectivity index (χ0n) is 16.4. The number of benzene rings is 1. The van der Waals surface area contributed by atoms with Crippen molar-refractivity contribution in [2.24, 2.45) is 0 Å². The maximum Gasteiger partial charge on any atom is 0.259 e. The summed E-state index contributed by atoms with van der Waals surface area (Å²) in [5, 5.41) is 0. The second-order valence-corrected chi connectivity index (χ2v) is 7.13. The molecule has 0 amide bonds. The topological polar surface area (TPSA) is 69.0 Å². The second-order valence-electron chi connectivity index (χ2n) is 7.13. The molecule has 3 aromatic rings. The molecule has 1 aromatic carbocycles. The highest BCUT2D eigenvalue weighted by atomic mass is 16.5. The number of aryl methyl sites for hydroxylation is 2. The minimum atomic E-state index is -0.101. The molecule has 1 aliphatic rings. The van der Waals surface area contributed by atoms with E-state index >= 15 is 0 Å². The molecule has 2 aromatic heterocycles. The van der Waals surface area contributed by atoms with Crippen molar-refractivity contribution in [3.05, 3.63) is 58.1 Å². The van der Waals surface area contributed by atoms with Crippen LogP contribution < -0.4 is 19.9 Å². The number of hydrogen-bond donors (Lipinski definition) is 0. The molecular formula is C21H24N4O3. The molecule has 4 rings (SSSR count). The third kappa shape index (κ3) is 3.65. The molecule has 0 spiro atoms. The summed E-state index contributed by atoms with van der Waals surface area (Å²) >= 11 is 0. The van der Waals surface area contributed by atoms with Gasteiger partial charge in [0.15, 0.2) is 0 Å². The fourth-order valence-corrected chi connectivity index (χ4v) is 3.58. The molecule has 0 N–H and O–H groups in total. The van der Waals surface area contributed by atoms with E-state index in [4.69, 9.17) is 9.47 Å². The number of piperidine rings is 1. The van der Waals surface area contributed by atoms with Gasteiger partial charge in [-0.1, -0.05) is 0 Å². The van der Waals surface area contributed by atoms with Crippen molar-refractivity contribution < 1.29 is 9.47 Å². The Morgan fingerprint density at radius 3 is 2.39 bits per heavy atom. The van der Waals surface area contributed by atoms with E-state index in [1.807, 2.05) is 44.3 Å². The van der Waals surface area contributed by atoms with Gasteiger partial charge in [-0.05, 0) is 38.1 Å². The standard InChI is InChI=1S/C21H24N4O3/c1-14-13-25-19(26)12-15(2)22-21(25)23-20(14)24-10-8-18(9-11-24)28-17-6-4-16(27-3)5-7-17/h4-7,12-13,18H,8-11H2,1-3H3. The monoisotopic (exact) mass is 380 g/mol. The number of nitrogens with zero attached hydrogens (tertiary/aromatic N) is 4. The number of hydrogen-bond acceptors (Lipinski definition) is 6. The molecular weight excluding hydrogens is 356 g/mol. The zero-order valence-corrected chi connectivity index (χ0v) is 16.4. The minimum absolute atomic E-state index is 0.101. The molecule has 0 radical (unpaired) electrons. The van der Waals surface area contributed by atoms with Crippen LogP contribution in [0.1, 0.15) is 24.1 Å². The van der Waals surface area contributed by atoms with E-state index in [2.05, 4.69) is 14.9 Å². The van der Waals surface area contributed by atoms with Gasteiger partial charge in [-0.2, -0.15) is 4.98 Å². The first-order valence-corrected chi connectivity index (χ1v) is 9.47. The largest absolute Gasteiger partial charge is 0.497 e. The van der Waals surface area contributed by atoms with Gasteiger partial charge in [0.1, 0.15) is 23.4 Å². The highest BCUT2D eigenvalue weighted by molar-refractivity contribution is 5.51. The molecule has 0 bridgehead atoms. The van der Waals surface area contributed by atoms with Crippen LogP contribution in [0.25, 0.3) is 5.78 Å². The van der Waals surface area contributed by atoms with Crippen molar-refractivity contribution in [1.29, 1.82) is 0 Å². The van der Waals surface area contributed by atoms with Gasteiger partial charge in [0, 0.05) is 49.5 Å². The molecule has 1 fully saturated rings. The van der Waals surface area contributed by atoms with Crippen molar-refractivity contribution in [3.8, 4) is 11.5 Å². The average molecular weight is 380 g/mol. The normalized spacial score (nSPS) is 15.0. The Hall–Kier alpha value is -3.09. The van der Waals surface area contributed by atoms with E-state index in [-0.39, 0.29) is 11.7 Å². The first-order valence-electron chi connectivity index (χ1n) is 9.47. The van der Waals surface area contributed by atoms with E-state index in [1.165, 1.54) is 10.5 Å². The summed E-state index contributed by atoms with van der Waals surface area (Å²) in [7, 11) is 1.65. The second kappa shape index (κ2) is 7.50. The maximum absolute atomic E-state index is 12.1. The average Bonchev–Trinajstić information content (AvgIpc) is 2.69. The van der Waals surface area contributed by atoms with Gasteiger partial charge < -0.3 is 14.4 Å². The smallest absolute Gasteiger partial charge is 0.259 e. The summed E-state index contributed by atoms with van der Waals surface area (Å²) in [6.45, 7) is 5.49. The first-order chi connectivity index (χ1) is 13.5. The lowest BCUT2D eigenvalue weighted by atomic mass is 10.1. The van der Waals surface area contributed by atoms with Crippen LogP contribution in [0.15, 0.2) is 41.3 Å². The third-order valence-corrected chi connectivity index (χ3v) is 5.05.